The summed E-state index contributed by atoms with van der Waals surface area (Å²) in [6, 6.07) is 5.03. The van der Waals surface area contributed by atoms with E-state index in [1.165, 1.54) is 31.7 Å². The fourth-order valence-corrected chi connectivity index (χ4v) is 2.62. The summed E-state index contributed by atoms with van der Waals surface area (Å²) in [5.41, 5.74) is 0.794. The Bertz CT molecular complexity index is 482. The number of rotatable bonds is 7. The van der Waals surface area contributed by atoms with Gasteiger partial charge in [-0.2, -0.15) is 0 Å². The predicted molar refractivity (Wildman–Crippen MR) is 83.7 cm³/mol. The Morgan fingerprint density at radius 2 is 2.14 bits per heavy atom. The average Bonchev–Trinajstić information content (AvgIpc) is 2.50. The van der Waals surface area contributed by atoms with Crippen LogP contribution in [0, 0.1) is 11.7 Å². The number of benzene rings is 1. The van der Waals surface area contributed by atoms with Gasteiger partial charge in [0.2, 0.25) is 0 Å². The molecule has 1 aromatic rings. The molecular formula is C18H25FO2. The summed E-state index contributed by atoms with van der Waals surface area (Å²) in [5.74, 6) is 1.37. The Hall–Kier alpha value is -1.51. The van der Waals surface area contributed by atoms with Crippen LogP contribution in [0.3, 0.4) is 0 Å². The van der Waals surface area contributed by atoms with E-state index in [-0.39, 0.29) is 5.82 Å². The van der Waals surface area contributed by atoms with E-state index in [1.807, 2.05) is 13.0 Å². The van der Waals surface area contributed by atoms with Crippen LogP contribution in [0.1, 0.15) is 51.5 Å². The normalized spacial score (nSPS) is 18.0. The van der Waals surface area contributed by atoms with Crippen molar-refractivity contribution < 1.29 is 13.9 Å². The highest BCUT2D eigenvalue weighted by Gasteiger charge is 2.17. The second-order valence-corrected chi connectivity index (χ2v) is 5.56. The minimum atomic E-state index is -0.330. The largest absolute Gasteiger partial charge is 0.493 e. The molecule has 0 N–H and O–H groups in total. The van der Waals surface area contributed by atoms with Crippen LogP contribution in [0.5, 0.6) is 5.75 Å². The zero-order chi connectivity index (χ0) is 15.1. The van der Waals surface area contributed by atoms with E-state index < -0.39 is 0 Å². The minimum absolute atomic E-state index is 0.301. The molecule has 0 aromatic heterocycles. The lowest BCUT2D eigenvalue weighted by molar-refractivity contribution is 0.191. The quantitative estimate of drug-likeness (QED) is 0.644. The molecule has 0 saturated heterocycles. The monoisotopic (exact) mass is 292 g/mol. The molecule has 0 amide bonds. The SMILES string of the molecule is CCCCCC1CC=C(c2ccc(OCC)c(F)c2)OC1. The van der Waals surface area contributed by atoms with Crippen LogP contribution < -0.4 is 4.74 Å². The number of halogens is 1. The van der Waals surface area contributed by atoms with Crippen LogP contribution in [0.15, 0.2) is 24.3 Å². The molecule has 1 aliphatic heterocycles. The van der Waals surface area contributed by atoms with Gasteiger partial charge in [0.25, 0.3) is 0 Å². The lowest BCUT2D eigenvalue weighted by Crippen LogP contribution is -2.13. The fraction of sp³-hybridized carbons (Fsp3) is 0.556. The minimum Gasteiger partial charge on any atom is -0.493 e. The van der Waals surface area contributed by atoms with Crippen LogP contribution >= 0.6 is 0 Å². The molecule has 1 heterocycles. The maximum atomic E-state index is 13.9. The van der Waals surface area contributed by atoms with Crippen molar-refractivity contribution in [1.29, 1.82) is 0 Å². The third kappa shape index (κ3) is 4.48. The van der Waals surface area contributed by atoms with Gasteiger partial charge < -0.3 is 9.47 Å². The van der Waals surface area contributed by atoms with E-state index in [9.17, 15) is 4.39 Å². The van der Waals surface area contributed by atoms with Gasteiger partial charge in [-0.15, -0.1) is 0 Å². The molecule has 0 fully saturated rings. The number of ether oxygens (including phenoxy) is 2. The Kier molecular flexibility index (Phi) is 6.09. The van der Waals surface area contributed by atoms with Crippen molar-refractivity contribution in [3.8, 4) is 5.75 Å². The highest BCUT2D eigenvalue weighted by molar-refractivity contribution is 5.61. The molecule has 0 bridgehead atoms. The summed E-state index contributed by atoms with van der Waals surface area (Å²) >= 11 is 0. The van der Waals surface area contributed by atoms with Gasteiger partial charge in [0.15, 0.2) is 11.6 Å². The molecule has 1 aromatic carbocycles. The number of hydrogen-bond acceptors (Lipinski definition) is 2. The molecule has 0 radical (unpaired) electrons. The molecule has 0 spiro atoms. The lowest BCUT2D eigenvalue weighted by Gasteiger charge is -2.23. The molecular weight excluding hydrogens is 267 g/mol. The highest BCUT2D eigenvalue weighted by atomic mass is 19.1. The van der Waals surface area contributed by atoms with Crippen LogP contribution in [-0.4, -0.2) is 13.2 Å². The fourth-order valence-electron chi connectivity index (χ4n) is 2.62. The van der Waals surface area contributed by atoms with Crippen LogP contribution in [0.25, 0.3) is 5.76 Å². The number of unbranched alkanes of at least 4 members (excludes halogenated alkanes) is 2. The second-order valence-electron chi connectivity index (χ2n) is 5.56. The van der Waals surface area contributed by atoms with Crippen LogP contribution in [0.4, 0.5) is 4.39 Å². The molecule has 0 saturated carbocycles. The summed E-state index contributed by atoms with van der Waals surface area (Å²) < 4.78 is 24.9. The first-order valence-electron chi connectivity index (χ1n) is 8.00. The van der Waals surface area contributed by atoms with Crippen molar-refractivity contribution in [1.82, 2.24) is 0 Å². The third-order valence-electron chi connectivity index (χ3n) is 3.84. The molecule has 2 rings (SSSR count). The second kappa shape index (κ2) is 8.06. The molecule has 0 aliphatic carbocycles. The maximum absolute atomic E-state index is 13.9. The van der Waals surface area contributed by atoms with Gasteiger partial charge in [-0.25, -0.2) is 4.39 Å². The summed E-state index contributed by atoms with van der Waals surface area (Å²) in [6.07, 6.45) is 8.14. The maximum Gasteiger partial charge on any atom is 0.165 e. The summed E-state index contributed by atoms with van der Waals surface area (Å²) in [5, 5.41) is 0. The van der Waals surface area contributed by atoms with Crippen molar-refractivity contribution in [2.75, 3.05) is 13.2 Å². The van der Waals surface area contributed by atoms with E-state index in [0.717, 1.165) is 24.4 Å². The first-order chi connectivity index (χ1) is 10.2. The molecule has 3 heteroatoms. The summed E-state index contributed by atoms with van der Waals surface area (Å²) in [7, 11) is 0. The topological polar surface area (TPSA) is 18.5 Å². The van der Waals surface area contributed by atoms with Crippen molar-refractivity contribution in [3.63, 3.8) is 0 Å². The number of allylic oxidation sites excluding steroid dienone is 1. The van der Waals surface area contributed by atoms with Crippen molar-refractivity contribution in [3.05, 3.63) is 35.7 Å². The number of hydrogen-bond donors (Lipinski definition) is 0. The van der Waals surface area contributed by atoms with Crippen molar-refractivity contribution in [2.24, 2.45) is 5.92 Å². The molecule has 1 aliphatic rings. The Morgan fingerprint density at radius 1 is 1.29 bits per heavy atom. The molecule has 2 nitrogen and oxygen atoms in total. The van der Waals surface area contributed by atoms with Crippen molar-refractivity contribution >= 4 is 5.76 Å². The zero-order valence-electron chi connectivity index (χ0n) is 13.0. The summed E-state index contributed by atoms with van der Waals surface area (Å²) in [6.45, 7) is 5.27. The lowest BCUT2D eigenvalue weighted by atomic mass is 9.96. The summed E-state index contributed by atoms with van der Waals surface area (Å²) in [4.78, 5) is 0. The van der Waals surface area contributed by atoms with E-state index in [0.29, 0.717) is 18.3 Å². The van der Waals surface area contributed by atoms with Gasteiger partial charge in [0, 0.05) is 5.56 Å². The van der Waals surface area contributed by atoms with E-state index in [1.54, 1.807) is 6.07 Å². The third-order valence-corrected chi connectivity index (χ3v) is 3.84. The van der Waals surface area contributed by atoms with Gasteiger partial charge in [-0.1, -0.05) is 26.2 Å². The Balaban J connectivity index is 1.95. The standard InChI is InChI=1S/C18H25FO2/c1-3-5-6-7-14-8-10-17(21-13-14)15-9-11-18(20-4-2)16(19)12-15/h9-12,14H,3-8,13H2,1-2H3. The molecule has 116 valence electrons. The zero-order valence-corrected chi connectivity index (χ0v) is 13.0. The van der Waals surface area contributed by atoms with Gasteiger partial charge in [0.1, 0.15) is 5.76 Å². The molecule has 1 unspecified atom stereocenters. The first kappa shape index (κ1) is 15.9. The Labute approximate surface area is 127 Å². The van der Waals surface area contributed by atoms with Gasteiger partial charge in [-0.05, 0) is 50.0 Å². The van der Waals surface area contributed by atoms with E-state index in [4.69, 9.17) is 9.47 Å². The molecule has 21 heavy (non-hydrogen) atoms. The van der Waals surface area contributed by atoms with E-state index in [2.05, 4.69) is 13.0 Å². The first-order valence-corrected chi connectivity index (χ1v) is 8.00. The highest BCUT2D eigenvalue weighted by Crippen LogP contribution is 2.29. The predicted octanol–water partition coefficient (Wildman–Crippen LogP) is 5.18. The van der Waals surface area contributed by atoms with Crippen LogP contribution in [0.2, 0.25) is 0 Å². The smallest absolute Gasteiger partial charge is 0.165 e. The van der Waals surface area contributed by atoms with Gasteiger partial charge in [0.05, 0.1) is 13.2 Å². The molecule has 1 atom stereocenters. The average molecular weight is 292 g/mol. The van der Waals surface area contributed by atoms with Gasteiger partial charge in [-0.3, -0.25) is 0 Å². The van der Waals surface area contributed by atoms with E-state index >= 15 is 0 Å². The van der Waals surface area contributed by atoms with Crippen molar-refractivity contribution in [2.45, 2.75) is 46.0 Å². The van der Waals surface area contributed by atoms with Gasteiger partial charge >= 0.3 is 0 Å². The Morgan fingerprint density at radius 3 is 2.76 bits per heavy atom. The van der Waals surface area contributed by atoms with Crippen LogP contribution in [-0.2, 0) is 4.74 Å².